The van der Waals surface area contributed by atoms with Gasteiger partial charge in [0.1, 0.15) is 5.69 Å². The number of methoxy groups -OCH3 is 1. The Balaban J connectivity index is 2.71. The lowest BCUT2D eigenvalue weighted by atomic mass is 10.3. The lowest BCUT2D eigenvalue weighted by Gasteiger charge is -2.16. The van der Waals surface area contributed by atoms with Crippen molar-refractivity contribution in [3.8, 4) is 0 Å². The van der Waals surface area contributed by atoms with Gasteiger partial charge in [-0.05, 0) is 12.1 Å². The molecule has 0 aliphatic carbocycles. The highest BCUT2D eigenvalue weighted by Crippen LogP contribution is 2.02. The molecule has 0 aromatic carbocycles. The van der Waals surface area contributed by atoms with E-state index in [4.69, 9.17) is 9.84 Å². The fraction of sp³-hybridized carbons (Fsp3) is 0.455. The number of hydrogen-bond acceptors (Lipinski definition) is 4. The zero-order valence-electron chi connectivity index (χ0n) is 9.51. The number of hydrogen-bond donors (Lipinski definition) is 1. The van der Waals surface area contributed by atoms with Gasteiger partial charge in [-0.25, -0.2) is 4.98 Å². The maximum atomic E-state index is 11.8. The third kappa shape index (κ3) is 3.29. The van der Waals surface area contributed by atoms with E-state index in [0.717, 1.165) is 0 Å². The van der Waals surface area contributed by atoms with Crippen molar-refractivity contribution >= 4 is 5.91 Å². The number of carbonyl (C=O) groups is 1. The first-order chi connectivity index (χ1) is 7.69. The van der Waals surface area contributed by atoms with Crippen LogP contribution in [-0.2, 0) is 11.3 Å². The largest absolute Gasteiger partial charge is 0.390 e. The summed E-state index contributed by atoms with van der Waals surface area (Å²) in [5.41, 5.74) is 0.830. The summed E-state index contributed by atoms with van der Waals surface area (Å²) < 4.78 is 4.89. The first-order valence-corrected chi connectivity index (χ1v) is 5.00. The van der Waals surface area contributed by atoms with Gasteiger partial charge >= 0.3 is 0 Å². The molecule has 0 atom stereocenters. The molecule has 0 spiro atoms. The van der Waals surface area contributed by atoms with Crippen LogP contribution in [0.5, 0.6) is 0 Å². The second kappa shape index (κ2) is 6.19. The zero-order chi connectivity index (χ0) is 12.0. The van der Waals surface area contributed by atoms with Crippen LogP contribution in [0.2, 0.25) is 0 Å². The van der Waals surface area contributed by atoms with Crippen molar-refractivity contribution in [2.45, 2.75) is 6.61 Å². The van der Waals surface area contributed by atoms with E-state index < -0.39 is 0 Å². The molecule has 0 aliphatic rings. The van der Waals surface area contributed by atoms with Gasteiger partial charge in [0.2, 0.25) is 0 Å². The normalized spacial score (nSPS) is 10.2. The maximum absolute atomic E-state index is 11.8. The number of rotatable bonds is 5. The number of aliphatic hydroxyl groups is 1. The second-order valence-corrected chi connectivity index (χ2v) is 3.39. The van der Waals surface area contributed by atoms with Crippen LogP contribution in [0.3, 0.4) is 0 Å². The lowest BCUT2D eigenvalue weighted by Crippen LogP contribution is -2.30. The zero-order valence-corrected chi connectivity index (χ0v) is 9.51. The average Bonchev–Trinajstić information content (AvgIpc) is 2.35. The number of aliphatic hydroxyl groups excluding tert-OH is 1. The van der Waals surface area contributed by atoms with Crippen LogP contribution < -0.4 is 0 Å². The summed E-state index contributed by atoms with van der Waals surface area (Å²) >= 11 is 0. The van der Waals surface area contributed by atoms with E-state index in [-0.39, 0.29) is 12.5 Å². The summed E-state index contributed by atoms with van der Waals surface area (Å²) in [6, 6.07) is 5.01. The molecule has 1 heterocycles. The first kappa shape index (κ1) is 12.6. The van der Waals surface area contributed by atoms with E-state index in [1.165, 1.54) is 4.90 Å². The van der Waals surface area contributed by atoms with Crippen LogP contribution in [0.4, 0.5) is 0 Å². The number of likely N-dealkylation sites (N-methyl/N-ethyl adjacent to an activating group) is 1. The molecule has 16 heavy (non-hydrogen) atoms. The minimum Gasteiger partial charge on any atom is -0.390 e. The van der Waals surface area contributed by atoms with Gasteiger partial charge in [-0.15, -0.1) is 0 Å². The monoisotopic (exact) mass is 224 g/mol. The summed E-state index contributed by atoms with van der Waals surface area (Å²) in [6.45, 7) is 0.838. The Kier molecular flexibility index (Phi) is 4.88. The quantitative estimate of drug-likeness (QED) is 0.781. The predicted octanol–water partition coefficient (Wildman–Crippen LogP) is 0.292. The molecule has 1 N–H and O–H groups in total. The fourth-order valence-corrected chi connectivity index (χ4v) is 1.21. The third-order valence-corrected chi connectivity index (χ3v) is 2.17. The highest BCUT2D eigenvalue weighted by molar-refractivity contribution is 5.92. The third-order valence-electron chi connectivity index (χ3n) is 2.17. The van der Waals surface area contributed by atoms with Crippen molar-refractivity contribution in [1.82, 2.24) is 9.88 Å². The molecule has 0 fully saturated rings. The molecule has 1 rings (SSSR count). The summed E-state index contributed by atoms with van der Waals surface area (Å²) in [7, 11) is 3.28. The number of pyridine rings is 1. The molecule has 1 amide bonds. The molecule has 1 aromatic heterocycles. The van der Waals surface area contributed by atoms with E-state index in [0.29, 0.717) is 24.5 Å². The molecule has 0 unspecified atom stereocenters. The Labute approximate surface area is 94.7 Å². The summed E-state index contributed by atoms with van der Waals surface area (Å²) in [5.74, 6) is -0.174. The Morgan fingerprint density at radius 2 is 2.31 bits per heavy atom. The predicted molar refractivity (Wildman–Crippen MR) is 59.0 cm³/mol. The highest BCUT2D eigenvalue weighted by atomic mass is 16.5. The van der Waals surface area contributed by atoms with E-state index >= 15 is 0 Å². The summed E-state index contributed by atoms with van der Waals surface area (Å²) in [6.07, 6.45) is 0. The Morgan fingerprint density at radius 1 is 1.56 bits per heavy atom. The molecular formula is C11H16N2O3. The van der Waals surface area contributed by atoms with Gasteiger partial charge < -0.3 is 14.7 Å². The molecule has 0 saturated heterocycles. The van der Waals surface area contributed by atoms with Gasteiger partial charge in [-0.1, -0.05) is 6.07 Å². The number of carbonyl (C=O) groups excluding carboxylic acids is 1. The van der Waals surface area contributed by atoms with E-state index in [1.54, 1.807) is 32.4 Å². The molecule has 0 aliphatic heterocycles. The van der Waals surface area contributed by atoms with Gasteiger partial charge in [0.15, 0.2) is 0 Å². The van der Waals surface area contributed by atoms with Crippen LogP contribution in [-0.4, -0.2) is 48.2 Å². The minimum atomic E-state index is -0.174. The van der Waals surface area contributed by atoms with Crippen LogP contribution in [0, 0.1) is 0 Å². The molecule has 5 nitrogen and oxygen atoms in total. The first-order valence-electron chi connectivity index (χ1n) is 5.00. The summed E-state index contributed by atoms with van der Waals surface area (Å²) in [4.78, 5) is 17.4. The second-order valence-electron chi connectivity index (χ2n) is 3.39. The lowest BCUT2D eigenvalue weighted by molar-refractivity contribution is 0.0738. The van der Waals surface area contributed by atoms with Gasteiger partial charge in [0.25, 0.3) is 5.91 Å². The Bertz CT molecular complexity index is 355. The van der Waals surface area contributed by atoms with Crippen LogP contribution in [0.25, 0.3) is 0 Å². The van der Waals surface area contributed by atoms with Gasteiger partial charge in [-0.3, -0.25) is 4.79 Å². The van der Waals surface area contributed by atoms with Crippen LogP contribution in [0.1, 0.15) is 16.2 Å². The van der Waals surface area contributed by atoms with Crippen molar-refractivity contribution in [3.05, 3.63) is 29.6 Å². The topological polar surface area (TPSA) is 62.7 Å². The van der Waals surface area contributed by atoms with E-state index in [9.17, 15) is 4.79 Å². The van der Waals surface area contributed by atoms with Gasteiger partial charge in [-0.2, -0.15) is 0 Å². The van der Waals surface area contributed by atoms with Crippen molar-refractivity contribution in [3.63, 3.8) is 0 Å². The molecule has 0 saturated carbocycles. The fourth-order valence-electron chi connectivity index (χ4n) is 1.21. The van der Waals surface area contributed by atoms with Crippen molar-refractivity contribution < 1.29 is 14.6 Å². The van der Waals surface area contributed by atoms with E-state index in [2.05, 4.69) is 4.98 Å². The minimum absolute atomic E-state index is 0.164. The Morgan fingerprint density at radius 3 is 2.94 bits per heavy atom. The SMILES string of the molecule is COCCN(C)C(=O)c1cccc(CO)n1. The molecular weight excluding hydrogens is 208 g/mol. The van der Waals surface area contributed by atoms with Gasteiger partial charge in [0.05, 0.1) is 18.9 Å². The molecule has 1 aromatic rings. The van der Waals surface area contributed by atoms with Crippen molar-refractivity contribution in [1.29, 1.82) is 0 Å². The van der Waals surface area contributed by atoms with Gasteiger partial charge in [0, 0.05) is 20.7 Å². The average molecular weight is 224 g/mol. The smallest absolute Gasteiger partial charge is 0.272 e. The number of aromatic nitrogens is 1. The molecule has 0 bridgehead atoms. The van der Waals surface area contributed by atoms with E-state index in [1.807, 2.05) is 0 Å². The van der Waals surface area contributed by atoms with Crippen LogP contribution in [0.15, 0.2) is 18.2 Å². The number of nitrogens with zero attached hydrogens (tertiary/aromatic N) is 2. The Hall–Kier alpha value is -1.46. The summed E-state index contributed by atoms with van der Waals surface area (Å²) in [5, 5.41) is 8.92. The molecule has 88 valence electrons. The number of ether oxygens (including phenoxy) is 1. The molecule has 5 heteroatoms. The van der Waals surface area contributed by atoms with Crippen molar-refractivity contribution in [2.24, 2.45) is 0 Å². The highest BCUT2D eigenvalue weighted by Gasteiger charge is 2.12. The standard InChI is InChI=1S/C11H16N2O3/c1-13(6-7-16-2)11(15)10-5-3-4-9(8-14)12-10/h3-5,14H,6-8H2,1-2H3. The number of amides is 1. The van der Waals surface area contributed by atoms with Crippen LogP contribution >= 0.6 is 0 Å². The van der Waals surface area contributed by atoms with Crippen molar-refractivity contribution in [2.75, 3.05) is 27.3 Å². The maximum Gasteiger partial charge on any atom is 0.272 e. The molecule has 0 radical (unpaired) electrons.